The molecule has 1 unspecified atom stereocenters. The Bertz CT molecular complexity index is 319. The van der Waals surface area contributed by atoms with Crippen LogP contribution in [-0.4, -0.2) is 23.3 Å². The third-order valence-electron chi connectivity index (χ3n) is 2.39. The molecule has 3 heteroatoms. The lowest BCUT2D eigenvalue weighted by molar-refractivity contribution is 0.0581. The van der Waals surface area contributed by atoms with Gasteiger partial charge in [-0.05, 0) is 24.6 Å². The molecule has 1 aromatic rings. The quantitative estimate of drug-likeness (QED) is 0.872. The van der Waals surface area contributed by atoms with Crippen LogP contribution >= 0.6 is 15.9 Å². The van der Waals surface area contributed by atoms with E-state index in [-0.39, 0.29) is 0 Å². The summed E-state index contributed by atoms with van der Waals surface area (Å²) in [7, 11) is 0. The van der Waals surface area contributed by atoms with E-state index in [0.29, 0.717) is 19.0 Å². The molecular weight excluding hydrogens is 266 g/mol. The monoisotopic (exact) mass is 285 g/mol. The average Bonchev–Trinajstić information content (AvgIpc) is 2.19. The number of rotatable bonds is 5. The van der Waals surface area contributed by atoms with E-state index in [4.69, 9.17) is 0 Å². The first kappa shape index (κ1) is 13.7. The van der Waals surface area contributed by atoms with E-state index >= 15 is 0 Å². The predicted molar refractivity (Wildman–Crippen MR) is 71.6 cm³/mol. The Morgan fingerprint density at radius 2 is 1.88 bits per heavy atom. The Morgan fingerprint density at radius 1 is 1.31 bits per heavy atom. The molecule has 2 nitrogen and oxygen atoms in total. The van der Waals surface area contributed by atoms with Gasteiger partial charge in [0.05, 0.1) is 5.60 Å². The van der Waals surface area contributed by atoms with Crippen molar-refractivity contribution in [1.82, 2.24) is 5.32 Å². The molecule has 0 spiro atoms. The van der Waals surface area contributed by atoms with Crippen molar-refractivity contribution in [3.63, 3.8) is 0 Å². The lowest BCUT2D eigenvalue weighted by Gasteiger charge is -2.25. The molecule has 0 heterocycles. The van der Waals surface area contributed by atoms with E-state index in [1.54, 1.807) is 0 Å². The van der Waals surface area contributed by atoms with Gasteiger partial charge < -0.3 is 10.4 Å². The standard InChI is InChI=1S/C13H20BrNO/c1-10(2)15-9-13(3,16)8-11-4-6-12(14)7-5-11/h4-7,10,15-16H,8-9H2,1-3H3. The molecule has 90 valence electrons. The lowest BCUT2D eigenvalue weighted by Crippen LogP contribution is -2.42. The highest BCUT2D eigenvalue weighted by molar-refractivity contribution is 9.10. The molecule has 0 aliphatic carbocycles. The Balaban J connectivity index is 2.54. The second-order valence-electron chi connectivity index (χ2n) is 4.84. The number of aliphatic hydroxyl groups is 1. The molecule has 0 bridgehead atoms. The van der Waals surface area contributed by atoms with Gasteiger partial charge in [-0.25, -0.2) is 0 Å². The van der Waals surface area contributed by atoms with Crippen LogP contribution in [0.4, 0.5) is 0 Å². The van der Waals surface area contributed by atoms with E-state index in [9.17, 15) is 5.11 Å². The van der Waals surface area contributed by atoms with Crippen LogP contribution in [0, 0.1) is 0 Å². The molecule has 0 saturated carbocycles. The smallest absolute Gasteiger partial charge is 0.0783 e. The van der Waals surface area contributed by atoms with Crippen molar-refractivity contribution in [3.05, 3.63) is 34.3 Å². The molecule has 0 radical (unpaired) electrons. The summed E-state index contributed by atoms with van der Waals surface area (Å²) in [5, 5.41) is 13.5. The van der Waals surface area contributed by atoms with E-state index in [0.717, 1.165) is 10.0 Å². The van der Waals surface area contributed by atoms with Crippen molar-refractivity contribution in [3.8, 4) is 0 Å². The minimum atomic E-state index is -0.696. The summed E-state index contributed by atoms with van der Waals surface area (Å²) in [5.41, 5.74) is 0.455. The molecule has 0 amide bonds. The van der Waals surface area contributed by atoms with E-state index < -0.39 is 5.60 Å². The van der Waals surface area contributed by atoms with E-state index in [1.165, 1.54) is 0 Å². The zero-order valence-corrected chi connectivity index (χ0v) is 11.7. The zero-order chi connectivity index (χ0) is 12.2. The highest BCUT2D eigenvalue weighted by Gasteiger charge is 2.20. The summed E-state index contributed by atoms with van der Waals surface area (Å²) in [6, 6.07) is 8.47. The van der Waals surface area contributed by atoms with Gasteiger partial charge in [-0.1, -0.05) is 41.9 Å². The van der Waals surface area contributed by atoms with Gasteiger partial charge >= 0.3 is 0 Å². The van der Waals surface area contributed by atoms with Crippen LogP contribution in [0.25, 0.3) is 0 Å². The molecule has 0 aromatic heterocycles. The molecule has 1 aromatic carbocycles. The van der Waals surface area contributed by atoms with Crippen molar-refractivity contribution in [2.75, 3.05) is 6.54 Å². The Hall–Kier alpha value is -0.380. The van der Waals surface area contributed by atoms with Crippen LogP contribution in [0.15, 0.2) is 28.7 Å². The topological polar surface area (TPSA) is 32.3 Å². The highest BCUT2D eigenvalue weighted by atomic mass is 79.9. The molecule has 0 saturated heterocycles. The van der Waals surface area contributed by atoms with Gasteiger partial charge in [0.1, 0.15) is 0 Å². The first-order valence-electron chi connectivity index (χ1n) is 5.59. The number of halogens is 1. The maximum atomic E-state index is 10.2. The Kier molecular flexibility index (Phi) is 4.96. The van der Waals surface area contributed by atoms with E-state index in [1.807, 2.05) is 31.2 Å². The molecule has 1 atom stereocenters. The Labute approximate surface area is 106 Å². The van der Waals surface area contributed by atoms with Crippen LogP contribution in [0.5, 0.6) is 0 Å². The third kappa shape index (κ3) is 5.10. The minimum Gasteiger partial charge on any atom is -0.389 e. The number of nitrogens with one attached hydrogen (secondary N) is 1. The molecule has 1 rings (SSSR count). The SMILES string of the molecule is CC(C)NCC(C)(O)Cc1ccc(Br)cc1. The first-order valence-corrected chi connectivity index (χ1v) is 6.38. The number of hydrogen-bond acceptors (Lipinski definition) is 2. The van der Waals surface area contributed by atoms with Crippen molar-refractivity contribution in [2.24, 2.45) is 0 Å². The lowest BCUT2D eigenvalue weighted by atomic mass is 9.96. The van der Waals surface area contributed by atoms with Gasteiger partial charge in [-0.2, -0.15) is 0 Å². The normalized spacial score (nSPS) is 15.1. The van der Waals surface area contributed by atoms with Crippen LogP contribution in [-0.2, 0) is 6.42 Å². The first-order chi connectivity index (χ1) is 7.39. The summed E-state index contributed by atoms with van der Waals surface area (Å²) in [5.74, 6) is 0. The van der Waals surface area contributed by atoms with Crippen molar-refractivity contribution in [2.45, 2.75) is 38.8 Å². The van der Waals surface area contributed by atoms with Crippen LogP contribution in [0.2, 0.25) is 0 Å². The minimum absolute atomic E-state index is 0.399. The van der Waals surface area contributed by atoms with Gasteiger partial charge in [0.15, 0.2) is 0 Å². The molecule has 0 fully saturated rings. The fraction of sp³-hybridized carbons (Fsp3) is 0.538. The second kappa shape index (κ2) is 5.80. The average molecular weight is 286 g/mol. The largest absolute Gasteiger partial charge is 0.389 e. The number of hydrogen-bond donors (Lipinski definition) is 2. The van der Waals surface area contributed by atoms with Gasteiger partial charge in [0.25, 0.3) is 0 Å². The maximum Gasteiger partial charge on any atom is 0.0783 e. The molecule has 0 aliphatic rings. The van der Waals surface area contributed by atoms with Crippen LogP contribution in [0.3, 0.4) is 0 Å². The van der Waals surface area contributed by atoms with Gasteiger partial charge in [-0.15, -0.1) is 0 Å². The van der Waals surface area contributed by atoms with Gasteiger partial charge in [0.2, 0.25) is 0 Å². The molecular formula is C13H20BrNO. The van der Waals surface area contributed by atoms with Crippen LogP contribution < -0.4 is 5.32 Å². The van der Waals surface area contributed by atoms with E-state index in [2.05, 4.69) is 35.1 Å². The Morgan fingerprint density at radius 3 is 2.38 bits per heavy atom. The van der Waals surface area contributed by atoms with Crippen molar-refractivity contribution < 1.29 is 5.11 Å². The van der Waals surface area contributed by atoms with Crippen molar-refractivity contribution >= 4 is 15.9 Å². The van der Waals surface area contributed by atoms with Gasteiger partial charge in [0, 0.05) is 23.5 Å². The highest BCUT2D eigenvalue weighted by Crippen LogP contribution is 2.16. The summed E-state index contributed by atoms with van der Waals surface area (Å²) >= 11 is 3.40. The van der Waals surface area contributed by atoms with Gasteiger partial charge in [-0.3, -0.25) is 0 Å². The zero-order valence-electron chi connectivity index (χ0n) is 10.1. The molecule has 16 heavy (non-hydrogen) atoms. The number of benzene rings is 1. The summed E-state index contributed by atoms with van der Waals surface area (Å²) in [4.78, 5) is 0. The summed E-state index contributed by atoms with van der Waals surface area (Å²) in [6.45, 7) is 6.64. The third-order valence-corrected chi connectivity index (χ3v) is 2.92. The maximum absolute atomic E-state index is 10.2. The summed E-state index contributed by atoms with van der Waals surface area (Å²) < 4.78 is 1.07. The molecule has 2 N–H and O–H groups in total. The predicted octanol–water partition coefficient (Wildman–Crippen LogP) is 2.74. The van der Waals surface area contributed by atoms with Crippen LogP contribution in [0.1, 0.15) is 26.3 Å². The van der Waals surface area contributed by atoms with Crippen molar-refractivity contribution in [1.29, 1.82) is 0 Å². The molecule has 0 aliphatic heterocycles. The fourth-order valence-electron chi connectivity index (χ4n) is 1.53. The second-order valence-corrected chi connectivity index (χ2v) is 5.75. The summed E-state index contributed by atoms with van der Waals surface area (Å²) in [6.07, 6.45) is 0.667. The fourth-order valence-corrected chi connectivity index (χ4v) is 1.79.